The fourth-order valence-corrected chi connectivity index (χ4v) is 3.74. The number of unbranched alkanes of at least 4 members (excludes halogenated alkanes) is 12. The smallest absolute Gasteiger partial charge is 0.0568 e. The van der Waals surface area contributed by atoms with Crippen LogP contribution in [0.15, 0.2) is 0 Å². The standard InChI is InChI=1S/C23H48O/c1-4-7-10-12-14-17-19-22(23(24)21-16-9-6-3)20-18-15-13-11-8-5-2/h22-24H,4-21H2,1-3H3. The van der Waals surface area contributed by atoms with E-state index in [1.54, 1.807) is 0 Å². The molecule has 0 aliphatic carbocycles. The highest BCUT2D eigenvalue weighted by molar-refractivity contribution is 4.70. The Hall–Kier alpha value is -0.0400. The Morgan fingerprint density at radius 1 is 0.458 bits per heavy atom. The first-order valence-corrected chi connectivity index (χ1v) is 11.4. The molecular weight excluding hydrogens is 292 g/mol. The van der Waals surface area contributed by atoms with Gasteiger partial charge in [-0.25, -0.2) is 0 Å². The van der Waals surface area contributed by atoms with Crippen molar-refractivity contribution >= 4 is 0 Å². The second kappa shape index (κ2) is 19.3. The summed E-state index contributed by atoms with van der Waals surface area (Å²) in [6, 6.07) is 0. The van der Waals surface area contributed by atoms with Crippen molar-refractivity contribution in [2.75, 3.05) is 0 Å². The summed E-state index contributed by atoms with van der Waals surface area (Å²) in [6.45, 7) is 6.81. The highest BCUT2D eigenvalue weighted by atomic mass is 16.3. The average Bonchev–Trinajstić information content (AvgIpc) is 2.59. The predicted molar refractivity (Wildman–Crippen MR) is 110 cm³/mol. The Labute approximate surface area is 154 Å². The zero-order valence-corrected chi connectivity index (χ0v) is 17.3. The summed E-state index contributed by atoms with van der Waals surface area (Å²) in [5.41, 5.74) is 0. The van der Waals surface area contributed by atoms with Crippen LogP contribution in [0, 0.1) is 5.92 Å². The Balaban J connectivity index is 3.94. The lowest BCUT2D eigenvalue weighted by molar-refractivity contribution is 0.0831. The molecule has 1 unspecified atom stereocenters. The molecule has 0 rings (SSSR count). The van der Waals surface area contributed by atoms with E-state index in [2.05, 4.69) is 20.8 Å². The molecule has 146 valence electrons. The normalized spacial score (nSPS) is 12.9. The first-order chi connectivity index (χ1) is 11.8. The molecule has 1 atom stereocenters. The van der Waals surface area contributed by atoms with Crippen LogP contribution in [0.3, 0.4) is 0 Å². The quantitative estimate of drug-likeness (QED) is 0.236. The Morgan fingerprint density at radius 2 is 0.792 bits per heavy atom. The molecule has 0 aliphatic heterocycles. The summed E-state index contributed by atoms with van der Waals surface area (Å²) in [5.74, 6) is 0.569. The van der Waals surface area contributed by atoms with E-state index < -0.39 is 0 Å². The molecule has 0 heterocycles. The van der Waals surface area contributed by atoms with Crippen molar-refractivity contribution in [1.29, 1.82) is 0 Å². The SMILES string of the molecule is CCCCCCCCC(CCCCCCCC)C(O)CCCCC. The maximum atomic E-state index is 10.6. The molecule has 0 saturated carbocycles. The van der Waals surface area contributed by atoms with E-state index in [0.29, 0.717) is 5.92 Å². The molecule has 0 fully saturated rings. The van der Waals surface area contributed by atoms with Crippen molar-refractivity contribution < 1.29 is 5.11 Å². The van der Waals surface area contributed by atoms with Gasteiger partial charge >= 0.3 is 0 Å². The van der Waals surface area contributed by atoms with Gasteiger partial charge < -0.3 is 5.11 Å². The minimum Gasteiger partial charge on any atom is -0.393 e. The van der Waals surface area contributed by atoms with Crippen LogP contribution in [0.25, 0.3) is 0 Å². The van der Waals surface area contributed by atoms with Crippen LogP contribution in [0.5, 0.6) is 0 Å². The van der Waals surface area contributed by atoms with Crippen LogP contribution >= 0.6 is 0 Å². The number of hydrogen-bond acceptors (Lipinski definition) is 1. The van der Waals surface area contributed by atoms with Gasteiger partial charge in [-0.3, -0.25) is 0 Å². The van der Waals surface area contributed by atoms with E-state index in [1.807, 2.05) is 0 Å². The Bertz CT molecular complexity index is 210. The Morgan fingerprint density at radius 3 is 1.25 bits per heavy atom. The summed E-state index contributed by atoms with van der Waals surface area (Å²) in [4.78, 5) is 0. The third-order valence-corrected chi connectivity index (χ3v) is 5.50. The second-order valence-electron chi connectivity index (χ2n) is 7.94. The van der Waals surface area contributed by atoms with Crippen molar-refractivity contribution in [3.8, 4) is 0 Å². The van der Waals surface area contributed by atoms with E-state index in [9.17, 15) is 5.11 Å². The zero-order chi connectivity index (χ0) is 17.9. The average molecular weight is 341 g/mol. The molecule has 0 bridgehead atoms. The fraction of sp³-hybridized carbons (Fsp3) is 1.00. The van der Waals surface area contributed by atoms with Crippen LogP contribution in [-0.2, 0) is 0 Å². The molecule has 0 aromatic rings. The number of aliphatic hydroxyl groups excluding tert-OH is 1. The van der Waals surface area contributed by atoms with Gasteiger partial charge in [0.25, 0.3) is 0 Å². The minimum atomic E-state index is -0.0390. The summed E-state index contributed by atoms with van der Waals surface area (Å²) < 4.78 is 0. The summed E-state index contributed by atoms with van der Waals surface area (Å²) >= 11 is 0. The topological polar surface area (TPSA) is 20.2 Å². The van der Waals surface area contributed by atoms with Crippen molar-refractivity contribution in [3.05, 3.63) is 0 Å². The molecule has 0 aromatic carbocycles. The van der Waals surface area contributed by atoms with Gasteiger partial charge in [0.15, 0.2) is 0 Å². The molecule has 0 aromatic heterocycles. The minimum absolute atomic E-state index is 0.0390. The number of hydrogen-bond donors (Lipinski definition) is 1. The van der Waals surface area contributed by atoms with Gasteiger partial charge in [0, 0.05) is 0 Å². The molecule has 0 saturated heterocycles. The molecule has 0 aliphatic rings. The molecule has 0 spiro atoms. The molecule has 1 heteroatoms. The third-order valence-electron chi connectivity index (χ3n) is 5.50. The fourth-order valence-electron chi connectivity index (χ4n) is 3.74. The van der Waals surface area contributed by atoms with Crippen LogP contribution in [0.1, 0.15) is 136 Å². The first kappa shape index (κ1) is 24.0. The van der Waals surface area contributed by atoms with E-state index in [0.717, 1.165) is 6.42 Å². The van der Waals surface area contributed by atoms with E-state index in [1.165, 1.54) is 109 Å². The largest absolute Gasteiger partial charge is 0.393 e. The van der Waals surface area contributed by atoms with E-state index >= 15 is 0 Å². The maximum absolute atomic E-state index is 10.6. The summed E-state index contributed by atoms with van der Waals surface area (Å²) in [7, 11) is 0. The van der Waals surface area contributed by atoms with Gasteiger partial charge in [0.2, 0.25) is 0 Å². The van der Waals surface area contributed by atoms with Crippen LogP contribution in [-0.4, -0.2) is 11.2 Å². The van der Waals surface area contributed by atoms with E-state index in [4.69, 9.17) is 0 Å². The van der Waals surface area contributed by atoms with Gasteiger partial charge in [-0.1, -0.05) is 117 Å². The molecule has 0 radical (unpaired) electrons. The van der Waals surface area contributed by atoms with Crippen molar-refractivity contribution in [3.63, 3.8) is 0 Å². The van der Waals surface area contributed by atoms with Crippen molar-refractivity contribution in [2.24, 2.45) is 5.92 Å². The summed E-state index contributed by atoms with van der Waals surface area (Å²) in [5, 5.41) is 10.6. The number of aliphatic hydroxyl groups is 1. The monoisotopic (exact) mass is 340 g/mol. The lowest BCUT2D eigenvalue weighted by Gasteiger charge is -2.23. The van der Waals surface area contributed by atoms with Crippen molar-refractivity contribution in [2.45, 2.75) is 142 Å². The van der Waals surface area contributed by atoms with Crippen LogP contribution in [0.2, 0.25) is 0 Å². The van der Waals surface area contributed by atoms with Gasteiger partial charge in [-0.15, -0.1) is 0 Å². The Kier molecular flexibility index (Phi) is 19.3. The molecule has 1 N–H and O–H groups in total. The van der Waals surface area contributed by atoms with Gasteiger partial charge in [0.05, 0.1) is 6.10 Å². The zero-order valence-electron chi connectivity index (χ0n) is 17.3. The van der Waals surface area contributed by atoms with Crippen LogP contribution in [0.4, 0.5) is 0 Å². The van der Waals surface area contributed by atoms with Crippen molar-refractivity contribution in [1.82, 2.24) is 0 Å². The lowest BCUT2D eigenvalue weighted by atomic mass is 9.87. The molecule has 1 nitrogen and oxygen atoms in total. The predicted octanol–water partition coefficient (Wildman–Crippen LogP) is 8.05. The lowest BCUT2D eigenvalue weighted by Crippen LogP contribution is -2.20. The van der Waals surface area contributed by atoms with Gasteiger partial charge in [-0.2, -0.15) is 0 Å². The first-order valence-electron chi connectivity index (χ1n) is 11.4. The maximum Gasteiger partial charge on any atom is 0.0568 e. The molecule has 24 heavy (non-hydrogen) atoms. The van der Waals surface area contributed by atoms with Gasteiger partial charge in [0.1, 0.15) is 0 Å². The highest BCUT2D eigenvalue weighted by Crippen LogP contribution is 2.25. The molecular formula is C23H48O. The van der Waals surface area contributed by atoms with Crippen LogP contribution < -0.4 is 0 Å². The summed E-state index contributed by atoms with van der Waals surface area (Å²) in [6.07, 6.45) is 23.7. The van der Waals surface area contributed by atoms with Gasteiger partial charge in [-0.05, 0) is 25.2 Å². The second-order valence-corrected chi connectivity index (χ2v) is 7.94. The van der Waals surface area contributed by atoms with E-state index in [-0.39, 0.29) is 6.10 Å². The number of rotatable bonds is 19. The third kappa shape index (κ3) is 15.5. The molecule has 0 amide bonds. The highest BCUT2D eigenvalue weighted by Gasteiger charge is 2.18.